The van der Waals surface area contributed by atoms with Crippen molar-refractivity contribution in [2.75, 3.05) is 23.8 Å². The van der Waals surface area contributed by atoms with Crippen LogP contribution in [0.25, 0.3) is 22.0 Å². The number of hydrogen-bond donors (Lipinski definition) is 3. The average molecular weight is 391 g/mol. The molecule has 9 nitrogen and oxygen atoms in total. The van der Waals surface area contributed by atoms with Crippen LogP contribution in [0, 0.1) is 0 Å². The molecule has 29 heavy (non-hydrogen) atoms. The Balaban J connectivity index is 2.10. The molecule has 146 valence electrons. The van der Waals surface area contributed by atoms with Gasteiger partial charge in [0.15, 0.2) is 11.6 Å². The van der Waals surface area contributed by atoms with Crippen LogP contribution in [0.3, 0.4) is 0 Å². The summed E-state index contributed by atoms with van der Waals surface area (Å²) in [7, 11) is 0. The van der Waals surface area contributed by atoms with Gasteiger partial charge in [-0.1, -0.05) is 35.5 Å². The maximum absolute atomic E-state index is 13.1. The van der Waals surface area contributed by atoms with Gasteiger partial charge in [0.1, 0.15) is 5.39 Å². The molecule has 0 spiro atoms. The normalized spacial score (nSPS) is 11.1. The Labute approximate surface area is 164 Å². The highest BCUT2D eigenvalue weighted by molar-refractivity contribution is 6.23. The van der Waals surface area contributed by atoms with E-state index in [9.17, 15) is 9.59 Å². The zero-order valence-corrected chi connectivity index (χ0v) is 15.4. The minimum atomic E-state index is -0.668. The van der Waals surface area contributed by atoms with Crippen molar-refractivity contribution in [3.8, 4) is 0 Å². The van der Waals surface area contributed by atoms with Crippen molar-refractivity contribution in [3.05, 3.63) is 53.1 Å². The van der Waals surface area contributed by atoms with E-state index < -0.39 is 5.97 Å². The Bertz CT molecular complexity index is 1280. The van der Waals surface area contributed by atoms with E-state index in [0.717, 1.165) is 0 Å². The summed E-state index contributed by atoms with van der Waals surface area (Å²) in [5, 5.41) is 4.15. The van der Waals surface area contributed by atoms with Gasteiger partial charge < -0.3 is 26.5 Å². The Hall–Kier alpha value is -4.14. The summed E-state index contributed by atoms with van der Waals surface area (Å²) in [6.45, 7) is 1.81. The monoisotopic (exact) mass is 391 g/mol. The van der Waals surface area contributed by atoms with Gasteiger partial charge in [-0.2, -0.15) is 0 Å². The molecule has 2 aromatic heterocycles. The van der Waals surface area contributed by atoms with Crippen molar-refractivity contribution in [1.82, 2.24) is 10.1 Å². The van der Waals surface area contributed by atoms with Crippen molar-refractivity contribution in [3.63, 3.8) is 0 Å². The van der Waals surface area contributed by atoms with E-state index in [2.05, 4.69) is 10.1 Å². The molecule has 0 fully saturated rings. The molecule has 0 radical (unpaired) electrons. The van der Waals surface area contributed by atoms with E-state index in [1.165, 1.54) is 6.07 Å². The summed E-state index contributed by atoms with van der Waals surface area (Å²) in [6.07, 6.45) is 0. The molecule has 0 unspecified atom stereocenters. The zero-order chi connectivity index (χ0) is 20.7. The molecule has 0 aliphatic rings. The Kier molecular flexibility index (Phi) is 4.27. The molecule has 4 rings (SSSR count). The van der Waals surface area contributed by atoms with Crippen LogP contribution in [-0.2, 0) is 4.74 Å². The van der Waals surface area contributed by atoms with Gasteiger partial charge >= 0.3 is 5.97 Å². The summed E-state index contributed by atoms with van der Waals surface area (Å²) >= 11 is 0. The van der Waals surface area contributed by atoms with Crippen molar-refractivity contribution >= 4 is 50.9 Å². The number of anilines is 3. The van der Waals surface area contributed by atoms with Crippen molar-refractivity contribution < 1.29 is 18.8 Å². The first-order chi connectivity index (χ1) is 13.9. The second-order valence-electron chi connectivity index (χ2n) is 6.30. The van der Waals surface area contributed by atoms with Crippen LogP contribution in [0.2, 0.25) is 0 Å². The predicted molar refractivity (Wildman–Crippen MR) is 108 cm³/mol. The molecule has 0 amide bonds. The number of ketones is 1. The third-order valence-corrected chi connectivity index (χ3v) is 4.57. The maximum Gasteiger partial charge on any atom is 0.340 e. The molecular formula is C20H17N5O4. The Morgan fingerprint density at radius 1 is 1.03 bits per heavy atom. The fraction of sp³-hybridized carbons (Fsp3) is 0.100. The highest BCUT2D eigenvalue weighted by Crippen LogP contribution is 2.38. The number of carbonyl (C=O) groups excluding carboxylic acids is 2. The highest BCUT2D eigenvalue weighted by atomic mass is 16.5. The lowest BCUT2D eigenvalue weighted by atomic mass is 9.95. The molecule has 6 N–H and O–H groups in total. The number of aromatic nitrogens is 2. The lowest BCUT2D eigenvalue weighted by Crippen LogP contribution is -2.13. The van der Waals surface area contributed by atoms with Crippen LogP contribution in [0.15, 0.2) is 40.9 Å². The fourth-order valence-electron chi connectivity index (χ4n) is 3.22. The summed E-state index contributed by atoms with van der Waals surface area (Å²) in [5.74, 6) is -1.00. The second-order valence-corrected chi connectivity index (χ2v) is 6.30. The molecule has 0 atom stereocenters. The largest absolute Gasteiger partial charge is 0.462 e. The lowest BCUT2D eigenvalue weighted by Gasteiger charge is -2.14. The summed E-state index contributed by atoms with van der Waals surface area (Å²) < 4.78 is 10.2. The van der Waals surface area contributed by atoms with Crippen molar-refractivity contribution in [2.24, 2.45) is 0 Å². The van der Waals surface area contributed by atoms with Crippen LogP contribution < -0.4 is 17.2 Å². The van der Waals surface area contributed by atoms with Gasteiger partial charge in [-0.15, -0.1) is 0 Å². The Morgan fingerprint density at radius 3 is 2.45 bits per heavy atom. The van der Waals surface area contributed by atoms with Crippen LogP contribution in [0.5, 0.6) is 0 Å². The third-order valence-electron chi connectivity index (χ3n) is 4.57. The third kappa shape index (κ3) is 2.80. The van der Waals surface area contributed by atoms with Gasteiger partial charge in [-0.25, -0.2) is 9.78 Å². The van der Waals surface area contributed by atoms with Crippen LogP contribution >= 0.6 is 0 Å². The zero-order valence-electron chi connectivity index (χ0n) is 15.4. The number of hydrogen-bond acceptors (Lipinski definition) is 9. The SMILES string of the molecule is CCOC(=O)c1cc(C(=O)c2ccccc2)c(N)c2c(N)c3c(N)noc3nc12. The molecule has 4 aromatic rings. The molecule has 2 heterocycles. The van der Waals surface area contributed by atoms with E-state index in [1.807, 2.05) is 0 Å². The van der Waals surface area contributed by atoms with E-state index in [0.29, 0.717) is 5.56 Å². The predicted octanol–water partition coefficient (Wildman–Crippen LogP) is 2.53. The van der Waals surface area contributed by atoms with Crippen LogP contribution in [-0.4, -0.2) is 28.5 Å². The quantitative estimate of drug-likeness (QED) is 0.270. The molecule has 0 saturated heterocycles. The first kappa shape index (κ1) is 18.2. The Morgan fingerprint density at radius 2 is 1.76 bits per heavy atom. The summed E-state index contributed by atoms with van der Waals surface area (Å²) in [5.41, 5.74) is 19.4. The van der Waals surface area contributed by atoms with Gasteiger partial charge in [0.2, 0.25) is 0 Å². The minimum absolute atomic E-state index is 0.0313. The van der Waals surface area contributed by atoms with Crippen molar-refractivity contribution in [2.45, 2.75) is 6.92 Å². The number of ether oxygens (including phenoxy) is 1. The van der Waals surface area contributed by atoms with E-state index in [4.69, 9.17) is 26.5 Å². The van der Waals surface area contributed by atoms with Gasteiger partial charge in [0, 0.05) is 16.5 Å². The molecule has 0 bridgehead atoms. The lowest BCUT2D eigenvalue weighted by molar-refractivity contribution is 0.0528. The number of carbonyl (C=O) groups is 2. The number of nitrogens with zero attached hydrogens (tertiary/aromatic N) is 2. The number of fused-ring (bicyclic) bond motifs is 2. The minimum Gasteiger partial charge on any atom is -0.462 e. The molecule has 9 heteroatoms. The second kappa shape index (κ2) is 6.79. The first-order valence-electron chi connectivity index (χ1n) is 8.77. The molecule has 2 aromatic carbocycles. The number of esters is 1. The standard InChI is InChI=1S/C20H17N5O4/c1-2-28-20(27)11-8-10(17(26)9-6-4-3-5-7-9)14(21)12-15(22)13-18(23)25-29-19(13)24-16(11)12/h3-8H,2,21H2,1H3,(H2,22,24)(H2,23,25). The number of rotatable bonds is 4. The molecular weight excluding hydrogens is 374 g/mol. The maximum atomic E-state index is 13.1. The number of pyridine rings is 1. The van der Waals surface area contributed by atoms with Crippen LogP contribution in [0.4, 0.5) is 17.2 Å². The molecule has 0 aliphatic carbocycles. The van der Waals surface area contributed by atoms with Crippen molar-refractivity contribution in [1.29, 1.82) is 0 Å². The number of nitrogen functional groups attached to an aromatic ring is 3. The number of benzene rings is 2. The highest BCUT2D eigenvalue weighted by Gasteiger charge is 2.26. The van der Waals surface area contributed by atoms with Gasteiger partial charge in [0.05, 0.1) is 29.1 Å². The summed E-state index contributed by atoms with van der Waals surface area (Å²) in [4.78, 5) is 30.0. The summed E-state index contributed by atoms with van der Waals surface area (Å²) in [6, 6.07) is 9.92. The van der Waals surface area contributed by atoms with E-state index in [1.54, 1.807) is 37.3 Å². The van der Waals surface area contributed by atoms with Crippen LogP contribution in [0.1, 0.15) is 33.2 Å². The van der Waals surface area contributed by atoms with E-state index in [-0.39, 0.29) is 62.7 Å². The average Bonchev–Trinajstić information content (AvgIpc) is 3.09. The topological polar surface area (TPSA) is 160 Å². The van der Waals surface area contributed by atoms with E-state index >= 15 is 0 Å². The fourth-order valence-corrected chi connectivity index (χ4v) is 3.22. The van der Waals surface area contributed by atoms with Gasteiger partial charge in [0.25, 0.3) is 5.71 Å². The smallest absolute Gasteiger partial charge is 0.340 e. The first-order valence-corrected chi connectivity index (χ1v) is 8.77. The van der Waals surface area contributed by atoms with Gasteiger partial charge in [-0.3, -0.25) is 4.79 Å². The van der Waals surface area contributed by atoms with Gasteiger partial charge in [-0.05, 0) is 13.0 Å². The molecule has 0 saturated carbocycles. The number of nitrogens with two attached hydrogens (primary N) is 3. The molecule has 0 aliphatic heterocycles.